The lowest BCUT2D eigenvalue weighted by Crippen LogP contribution is -2.08. The summed E-state index contributed by atoms with van der Waals surface area (Å²) in [5, 5.41) is 3.58. The number of hydrogen-bond donors (Lipinski definition) is 1. The van der Waals surface area contributed by atoms with Gasteiger partial charge in [0.1, 0.15) is 0 Å². The van der Waals surface area contributed by atoms with Gasteiger partial charge in [0.2, 0.25) is 0 Å². The van der Waals surface area contributed by atoms with Gasteiger partial charge in [-0.25, -0.2) is 0 Å². The van der Waals surface area contributed by atoms with Crippen molar-refractivity contribution in [1.29, 1.82) is 0 Å². The third-order valence-electron chi connectivity index (χ3n) is 3.14. The summed E-state index contributed by atoms with van der Waals surface area (Å²) in [5.41, 5.74) is 5.04. The van der Waals surface area contributed by atoms with E-state index >= 15 is 0 Å². The average Bonchev–Trinajstić information content (AvgIpc) is 2.34. The van der Waals surface area contributed by atoms with Crippen LogP contribution in [0.25, 0.3) is 0 Å². The van der Waals surface area contributed by atoms with E-state index in [1.165, 1.54) is 22.4 Å². The molecule has 94 valence electrons. The molecule has 0 spiro atoms. The third-order valence-corrected chi connectivity index (χ3v) is 3.86. The molecule has 0 fully saturated rings. The fourth-order valence-electron chi connectivity index (χ4n) is 2.03. The van der Waals surface area contributed by atoms with Gasteiger partial charge in [-0.1, -0.05) is 46.3 Å². The molecule has 2 aromatic carbocycles. The summed E-state index contributed by atoms with van der Waals surface area (Å²) in [6.07, 6.45) is 0. The van der Waals surface area contributed by atoms with Gasteiger partial charge in [-0.05, 0) is 49.6 Å². The number of benzene rings is 2. The average molecular weight is 304 g/mol. The van der Waals surface area contributed by atoms with Crippen molar-refractivity contribution in [3.8, 4) is 0 Å². The first-order valence-electron chi connectivity index (χ1n) is 6.16. The van der Waals surface area contributed by atoms with Gasteiger partial charge in [0.05, 0.1) is 0 Å². The lowest BCUT2D eigenvalue weighted by Gasteiger charge is -2.19. The van der Waals surface area contributed by atoms with E-state index in [-0.39, 0.29) is 6.04 Å². The van der Waals surface area contributed by atoms with Crippen molar-refractivity contribution in [2.75, 3.05) is 5.32 Å². The zero-order chi connectivity index (χ0) is 13.1. The van der Waals surface area contributed by atoms with Crippen LogP contribution in [0.3, 0.4) is 0 Å². The van der Waals surface area contributed by atoms with Gasteiger partial charge < -0.3 is 5.32 Å². The molecule has 0 amide bonds. The highest BCUT2D eigenvalue weighted by atomic mass is 79.9. The first-order chi connectivity index (χ1) is 8.58. The van der Waals surface area contributed by atoms with E-state index in [1.807, 2.05) is 6.07 Å². The van der Waals surface area contributed by atoms with Gasteiger partial charge >= 0.3 is 0 Å². The standard InChI is InChI=1S/C16H18BrN/c1-11-8-9-12(2)16(10-11)18-13(3)14-6-4-5-7-15(14)17/h4-10,13,18H,1-3H3. The maximum Gasteiger partial charge on any atom is 0.0496 e. The number of hydrogen-bond acceptors (Lipinski definition) is 1. The topological polar surface area (TPSA) is 12.0 Å². The number of halogens is 1. The van der Waals surface area contributed by atoms with Crippen molar-refractivity contribution in [3.63, 3.8) is 0 Å². The maximum atomic E-state index is 3.60. The summed E-state index contributed by atoms with van der Waals surface area (Å²) in [6.45, 7) is 6.43. The second kappa shape index (κ2) is 5.57. The first kappa shape index (κ1) is 13.2. The van der Waals surface area contributed by atoms with Crippen LogP contribution in [-0.2, 0) is 0 Å². The minimum Gasteiger partial charge on any atom is -0.378 e. The van der Waals surface area contributed by atoms with Gasteiger partial charge in [-0.2, -0.15) is 0 Å². The monoisotopic (exact) mass is 303 g/mol. The van der Waals surface area contributed by atoms with Crippen molar-refractivity contribution in [2.45, 2.75) is 26.8 Å². The molecule has 2 aromatic rings. The normalized spacial score (nSPS) is 12.2. The second-order valence-corrected chi connectivity index (χ2v) is 5.56. The van der Waals surface area contributed by atoms with E-state index in [0.717, 1.165) is 4.47 Å². The predicted octanol–water partition coefficient (Wildman–Crippen LogP) is 5.24. The molecule has 1 N–H and O–H groups in total. The molecule has 0 aliphatic rings. The van der Waals surface area contributed by atoms with Gasteiger partial charge in [0.25, 0.3) is 0 Å². The number of aryl methyl sites for hydroxylation is 2. The Morgan fingerprint density at radius 3 is 2.50 bits per heavy atom. The molecule has 0 saturated carbocycles. The molecule has 0 radical (unpaired) electrons. The minimum absolute atomic E-state index is 0.279. The van der Waals surface area contributed by atoms with E-state index in [9.17, 15) is 0 Å². The van der Waals surface area contributed by atoms with Crippen molar-refractivity contribution in [1.82, 2.24) is 0 Å². The van der Waals surface area contributed by atoms with Crippen molar-refractivity contribution >= 4 is 21.6 Å². The van der Waals surface area contributed by atoms with Crippen molar-refractivity contribution < 1.29 is 0 Å². The van der Waals surface area contributed by atoms with Crippen molar-refractivity contribution in [3.05, 3.63) is 63.6 Å². The Morgan fingerprint density at radius 2 is 1.78 bits per heavy atom. The van der Waals surface area contributed by atoms with Crippen molar-refractivity contribution in [2.24, 2.45) is 0 Å². The minimum atomic E-state index is 0.279. The third kappa shape index (κ3) is 2.94. The fraction of sp³-hybridized carbons (Fsp3) is 0.250. The molecule has 0 aliphatic carbocycles. The predicted molar refractivity (Wildman–Crippen MR) is 82.1 cm³/mol. The van der Waals surface area contributed by atoms with E-state index in [0.29, 0.717) is 0 Å². The first-order valence-corrected chi connectivity index (χ1v) is 6.95. The number of rotatable bonds is 3. The molecule has 0 bridgehead atoms. The summed E-state index contributed by atoms with van der Waals surface area (Å²) < 4.78 is 1.15. The Morgan fingerprint density at radius 1 is 1.06 bits per heavy atom. The SMILES string of the molecule is Cc1ccc(C)c(NC(C)c2ccccc2Br)c1. The second-order valence-electron chi connectivity index (χ2n) is 4.71. The van der Waals surface area contributed by atoms with Crippen LogP contribution in [0.1, 0.15) is 29.7 Å². The van der Waals surface area contributed by atoms with Gasteiger partial charge in [-0.15, -0.1) is 0 Å². The van der Waals surface area contributed by atoms with Crippen LogP contribution in [0.2, 0.25) is 0 Å². The molecule has 1 nitrogen and oxygen atoms in total. The van der Waals surface area contributed by atoms with Crippen LogP contribution < -0.4 is 5.32 Å². The molecule has 18 heavy (non-hydrogen) atoms. The summed E-state index contributed by atoms with van der Waals surface area (Å²) >= 11 is 3.60. The Hall–Kier alpha value is -1.28. The highest BCUT2D eigenvalue weighted by Gasteiger charge is 2.09. The van der Waals surface area contributed by atoms with E-state index in [1.54, 1.807) is 0 Å². The molecular weight excluding hydrogens is 286 g/mol. The highest BCUT2D eigenvalue weighted by Crippen LogP contribution is 2.27. The molecular formula is C16H18BrN. The smallest absolute Gasteiger partial charge is 0.0496 e. The highest BCUT2D eigenvalue weighted by molar-refractivity contribution is 9.10. The van der Waals surface area contributed by atoms with Crippen LogP contribution in [0.15, 0.2) is 46.9 Å². The van der Waals surface area contributed by atoms with Crippen LogP contribution >= 0.6 is 15.9 Å². The molecule has 0 aliphatic heterocycles. The quantitative estimate of drug-likeness (QED) is 0.817. The van der Waals surface area contributed by atoms with E-state index in [2.05, 4.69) is 78.4 Å². The number of nitrogens with one attached hydrogen (secondary N) is 1. The zero-order valence-corrected chi connectivity index (χ0v) is 12.6. The molecule has 0 heterocycles. The zero-order valence-electron chi connectivity index (χ0n) is 11.0. The van der Waals surface area contributed by atoms with E-state index in [4.69, 9.17) is 0 Å². The lowest BCUT2D eigenvalue weighted by atomic mass is 10.1. The van der Waals surface area contributed by atoms with E-state index < -0.39 is 0 Å². The largest absolute Gasteiger partial charge is 0.378 e. The summed E-state index contributed by atoms with van der Waals surface area (Å²) in [6, 6.07) is 15.1. The fourth-order valence-corrected chi connectivity index (χ4v) is 2.66. The Labute approximate surface area is 117 Å². The lowest BCUT2D eigenvalue weighted by molar-refractivity contribution is 0.876. The molecule has 1 unspecified atom stereocenters. The van der Waals surface area contributed by atoms with Gasteiger partial charge in [0.15, 0.2) is 0 Å². The van der Waals surface area contributed by atoms with Crippen LogP contribution in [0.4, 0.5) is 5.69 Å². The molecule has 0 saturated heterocycles. The molecule has 2 rings (SSSR count). The molecule has 1 atom stereocenters. The van der Waals surface area contributed by atoms with Crippen LogP contribution in [0.5, 0.6) is 0 Å². The Bertz CT molecular complexity index is 549. The van der Waals surface area contributed by atoms with Gasteiger partial charge in [-0.3, -0.25) is 0 Å². The van der Waals surface area contributed by atoms with Crippen LogP contribution in [-0.4, -0.2) is 0 Å². The maximum absolute atomic E-state index is 3.60. The Kier molecular flexibility index (Phi) is 4.07. The van der Waals surface area contributed by atoms with Gasteiger partial charge in [0, 0.05) is 16.2 Å². The summed E-state index contributed by atoms with van der Waals surface area (Å²) in [5.74, 6) is 0. The van der Waals surface area contributed by atoms with Crippen LogP contribution in [0, 0.1) is 13.8 Å². The molecule has 0 aromatic heterocycles. The molecule has 2 heteroatoms. The summed E-state index contributed by atoms with van der Waals surface area (Å²) in [4.78, 5) is 0. The number of anilines is 1. The summed E-state index contributed by atoms with van der Waals surface area (Å²) in [7, 11) is 0. The Balaban J connectivity index is 2.24.